The molecule has 0 atom stereocenters. The second kappa shape index (κ2) is 7.48. The van der Waals surface area contributed by atoms with E-state index in [2.05, 4.69) is 10.1 Å². The molecule has 1 aromatic heterocycles. The zero-order valence-corrected chi connectivity index (χ0v) is 13.4. The third kappa shape index (κ3) is 3.76. The molecule has 0 bridgehead atoms. The molecule has 1 amide bonds. The highest BCUT2D eigenvalue weighted by Crippen LogP contribution is 2.29. The predicted octanol–water partition coefficient (Wildman–Crippen LogP) is 4.81. The number of anilines is 1. The van der Waals surface area contributed by atoms with Gasteiger partial charge >= 0.3 is 0 Å². The van der Waals surface area contributed by atoms with Crippen LogP contribution in [0, 0.1) is 29.1 Å². The summed E-state index contributed by atoms with van der Waals surface area (Å²) in [5.74, 6) is -12.9. The molecule has 140 valence electrons. The third-order valence-corrected chi connectivity index (χ3v) is 3.45. The fourth-order valence-corrected chi connectivity index (χ4v) is 2.15. The molecule has 0 saturated carbocycles. The maximum absolute atomic E-state index is 13.5. The Morgan fingerprint density at radius 1 is 0.852 bits per heavy atom. The van der Waals surface area contributed by atoms with Crippen molar-refractivity contribution < 1.29 is 35.9 Å². The monoisotopic (exact) mass is 383 g/mol. The van der Waals surface area contributed by atoms with Gasteiger partial charge in [0.25, 0.3) is 5.91 Å². The van der Waals surface area contributed by atoms with Crippen molar-refractivity contribution in [1.82, 2.24) is 0 Å². The molecule has 1 heterocycles. The van der Waals surface area contributed by atoms with Gasteiger partial charge in [-0.25, -0.2) is 13.2 Å². The summed E-state index contributed by atoms with van der Waals surface area (Å²) < 4.78 is 76.1. The molecule has 4 nitrogen and oxygen atoms in total. The van der Waals surface area contributed by atoms with Gasteiger partial charge < -0.3 is 14.5 Å². The van der Waals surface area contributed by atoms with E-state index in [1.54, 1.807) is 30.3 Å². The standard InChI is InChI=1S/C18H10F5NO3/c19-12-13(20)15(22)17(16(23)14(12)21)26-8-10-6-7-11(27-10)18(25)24-9-4-2-1-3-5-9/h1-7H,8H2,(H,24,25). The number of ether oxygens (including phenoxy) is 1. The van der Waals surface area contributed by atoms with E-state index in [9.17, 15) is 26.7 Å². The van der Waals surface area contributed by atoms with E-state index in [0.717, 1.165) is 0 Å². The second-order valence-electron chi connectivity index (χ2n) is 5.27. The molecule has 0 unspecified atom stereocenters. The van der Waals surface area contributed by atoms with E-state index in [4.69, 9.17) is 4.42 Å². The highest BCUT2D eigenvalue weighted by atomic mass is 19.2. The number of halogens is 5. The molecule has 0 aliphatic rings. The Balaban J connectivity index is 1.71. The Morgan fingerprint density at radius 2 is 1.44 bits per heavy atom. The summed E-state index contributed by atoms with van der Waals surface area (Å²) in [4.78, 5) is 12.0. The van der Waals surface area contributed by atoms with Crippen LogP contribution in [0.1, 0.15) is 16.3 Å². The average Bonchev–Trinajstić information content (AvgIpc) is 3.15. The van der Waals surface area contributed by atoms with Crippen LogP contribution < -0.4 is 10.1 Å². The molecule has 0 aliphatic heterocycles. The quantitative estimate of drug-likeness (QED) is 0.391. The molecule has 3 rings (SSSR count). The first-order valence-electron chi connectivity index (χ1n) is 7.48. The molecule has 9 heteroatoms. The molecule has 0 saturated heterocycles. The highest BCUT2D eigenvalue weighted by Gasteiger charge is 2.27. The van der Waals surface area contributed by atoms with Crippen LogP contribution in [0.15, 0.2) is 46.9 Å². The number of rotatable bonds is 5. The molecule has 0 fully saturated rings. The molecule has 27 heavy (non-hydrogen) atoms. The minimum atomic E-state index is -2.28. The van der Waals surface area contributed by atoms with Crippen molar-refractivity contribution >= 4 is 11.6 Å². The van der Waals surface area contributed by atoms with Crippen molar-refractivity contribution in [1.29, 1.82) is 0 Å². The fraction of sp³-hybridized carbons (Fsp3) is 0.0556. The predicted molar refractivity (Wildman–Crippen MR) is 83.7 cm³/mol. The van der Waals surface area contributed by atoms with Gasteiger partial charge in [0.15, 0.2) is 11.5 Å². The van der Waals surface area contributed by atoms with Crippen LogP contribution in [0.3, 0.4) is 0 Å². The van der Waals surface area contributed by atoms with Gasteiger partial charge in [-0.1, -0.05) is 18.2 Å². The number of benzene rings is 2. The highest BCUT2D eigenvalue weighted by molar-refractivity contribution is 6.02. The van der Waals surface area contributed by atoms with Crippen LogP contribution >= 0.6 is 0 Å². The van der Waals surface area contributed by atoms with E-state index in [1.807, 2.05) is 0 Å². The van der Waals surface area contributed by atoms with Crippen LogP contribution in [0.5, 0.6) is 5.75 Å². The maximum atomic E-state index is 13.5. The zero-order valence-electron chi connectivity index (χ0n) is 13.4. The number of carbonyl (C=O) groups excluding carboxylic acids is 1. The Hall–Kier alpha value is -3.36. The number of carbonyl (C=O) groups is 1. The lowest BCUT2D eigenvalue weighted by atomic mass is 10.2. The van der Waals surface area contributed by atoms with Crippen molar-refractivity contribution in [3.8, 4) is 5.75 Å². The van der Waals surface area contributed by atoms with Crippen molar-refractivity contribution in [2.24, 2.45) is 0 Å². The van der Waals surface area contributed by atoms with Gasteiger partial charge in [0.05, 0.1) is 0 Å². The zero-order chi connectivity index (χ0) is 19.6. The van der Waals surface area contributed by atoms with Crippen molar-refractivity contribution in [3.63, 3.8) is 0 Å². The number of hydrogen-bond acceptors (Lipinski definition) is 3. The summed E-state index contributed by atoms with van der Waals surface area (Å²) >= 11 is 0. The number of furan rings is 1. The van der Waals surface area contributed by atoms with E-state index in [1.165, 1.54) is 12.1 Å². The normalized spacial score (nSPS) is 10.7. The van der Waals surface area contributed by atoms with Crippen LogP contribution in [0.2, 0.25) is 0 Å². The van der Waals surface area contributed by atoms with Gasteiger partial charge in [-0.15, -0.1) is 0 Å². The van der Waals surface area contributed by atoms with Gasteiger partial charge in [0.2, 0.25) is 29.1 Å². The number of amides is 1. The molecule has 0 spiro atoms. The first-order chi connectivity index (χ1) is 12.9. The van der Waals surface area contributed by atoms with E-state index >= 15 is 0 Å². The maximum Gasteiger partial charge on any atom is 0.291 e. The van der Waals surface area contributed by atoms with Gasteiger partial charge in [0, 0.05) is 5.69 Å². The third-order valence-electron chi connectivity index (χ3n) is 3.45. The summed E-state index contributed by atoms with van der Waals surface area (Å²) in [6.07, 6.45) is 0. The Morgan fingerprint density at radius 3 is 2.07 bits per heavy atom. The lowest BCUT2D eigenvalue weighted by Gasteiger charge is -2.09. The van der Waals surface area contributed by atoms with Crippen LogP contribution in [-0.2, 0) is 6.61 Å². The minimum Gasteiger partial charge on any atom is -0.479 e. The van der Waals surface area contributed by atoms with Crippen LogP contribution in [0.25, 0.3) is 0 Å². The number of para-hydroxylation sites is 1. The second-order valence-corrected chi connectivity index (χ2v) is 5.27. The number of nitrogens with one attached hydrogen (secondary N) is 1. The van der Waals surface area contributed by atoms with Crippen LogP contribution in [-0.4, -0.2) is 5.91 Å². The van der Waals surface area contributed by atoms with E-state index < -0.39 is 47.3 Å². The Bertz CT molecular complexity index is 959. The lowest BCUT2D eigenvalue weighted by molar-refractivity contribution is 0.0992. The summed E-state index contributed by atoms with van der Waals surface area (Å²) in [6, 6.07) is 11.0. The molecular formula is C18H10F5NO3. The average molecular weight is 383 g/mol. The topological polar surface area (TPSA) is 51.5 Å². The van der Waals surface area contributed by atoms with Crippen molar-refractivity contribution in [2.75, 3.05) is 5.32 Å². The molecule has 3 aromatic rings. The van der Waals surface area contributed by atoms with Crippen molar-refractivity contribution in [2.45, 2.75) is 6.61 Å². The SMILES string of the molecule is O=C(Nc1ccccc1)c1ccc(COc2c(F)c(F)c(F)c(F)c2F)o1. The largest absolute Gasteiger partial charge is 0.479 e. The summed E-state index contributed by atoms with van der Waals surface area (Å²) in [5, 5.41) is 2.55. The summed E-state index contributed by atoms with van der Waals surface area (Å²) in [7, 11) is 0. The summed E-state index contributed by atoms with van der Waals surface area (Å²) in [6.45, 7) is -0.656. The van der Waals surface area contributed by atoms with E-state index in [-0.39, 0.29) is 11.5 Å². The smallest absolute Gasteiger partial charge is 0.291 e. The molecule has 0 aliphatic carbocycles. The van der Waals surface area contributed by atoms with Crippen molar-refractivity contribution in [3.05, 3.63) is 83.1 Å². The Kier molecular flexibility index (Phi) is 5.11. The van der Waals surface area contributed by atoms with Gasteiger partial charge in [-0.05, 0) is 24.3 Å². The number of hydrogen-bond donors (Lipinski definition) is 1. The minimum absolute atomic E-state index is 0.0582. The molecule has 0 radical (unpaired) electrons. The molecule has 1 N–H and O–H groups in total. The first-order valence-corrected chi connectivity index (χ1v) is 7.48. The van der Waals surface area contributed by atoms with Gasteiger partial charge in [-0.2, -0.15) is 8.78 Å². The fourth-order valence-electron chi connectivity index (χ4n) is 2.15. The molecule has 2 aromatic carbocycles. The molecular weight excluding hydrogens is 373 g/mol. The lowest BCUT2D eigenvalue weighted by Crippen LogP contribution is -2.10. The summed E-state index contributed by atoms with van der Waals surface area (Å²) in [5.41, 5.74) is 0.512. The van der Waals surface area contributed by atoms with Gasteiger partial charge in [-0.3, -0.25) is 4.79 Å². The van der Waals surface area contributed by atoms with Gasteiger partial charge in [0.1, 0.15) is 12.4 Å². The Labute approximate surface area is 149 Å². The van der Waals surface area contributed by atoms with E-state index in [0.29, 0.717) is 5.69 Å². The first kappa shape index (κ1) is 18.4. The van der Waals surface area contributed by atoms with Crippen LogP contribution in [0.4, 0.5) is 27.6 Å².